The van der Waals surface area contributed by atoms with Crippen LogP contribution in [0.3, 0.4) is 0 Å². The fourth-order valence-corrected chi connectivity index (χ4v) is 7.39. The van der Waals surface area contributed by atoms with E-state index >= 15 is 0 Å². The number of rotatable bonds is 5. The molecule has 3 heteroatoms. The number of hydrogen-bond donors (Lipinski definition) is 0. The van der Waals surface area contributed by atoms with Crippen molar-refractivity contribution >= 4 is 81.3 Å². The van der Waals surface area contributed by atoms with E-state index in [0.717, 1.165) is 15.5 Å². The molecule has 2 aromatic heterocycles. The molecular formula is C46H29NOS. The zero-order valence-corrected chi connectivity index (χ0v) is 26.0. The summed E-state index contributed by atoms with van der Waals surface area (Å²) in [5, 5.41) is 1.19. The molecular weight excluding hydrogens is 615 g/mol. The highest BCUT2D eigenvalue weighted by molar-refractivity contribution is 7.25. The van der Waals surface area contributed by atoms with Crippen molar-refractivity contribution < 1.29 is 27.7 Å². The van der Waals surface area contributed by atoms with E-state index in [4.69, 9.17) is 16.8 Å². The SMILES string of the molecule is [2H]c1c([2H])c([2H])c(-c2c([2H])c([2H])c(N(c3ccc4c(c3)sc3ccccc34)c3c([2H])c([2H])c([2H])c4oc5c([2H])c([2H])c6c(-c7ccccc7)c([2H])c([2H])c([2H])c6c5c34)c([2H])c2[2H])c([2H])c1[2H]. The first-order valence-electron chi connectivity index (χ1n) is 23.7. The van der Waals surface area contributed by atoms with Crippen molar-refractivity contribution in [2.24, 2.45) is 0 Å². The number of nitrogens with zero attached hydrogens (tertiary/aromatic N) is 1. The van der Waals surface area contributed by atoms with Gasteiger partial charge < -0.3 is 9.32 Å². The third-order valence-corrected chi connectivity index (χ3v) is 9.55. The maximum atomic E-state index is 9.66. The normalized spacial score (nSPS) is 16.5. The molecule has 2 heterocycles. The first-order chi connectivity index (χ1) is 31.4. The van der Waals surface area contributed by atoms with Crippen molar-refractivity contribution in [2.75, 3.05) is 4.90 Å². The zero-order chi connectivity index (χ0) is 47.1. The maximum Gasteiger partial charge on any atom is 0.137 e. The predicted molar refractivity (Wildman–Crippen MR) is 210 cm³/mol. The van der Waals surface area contributed by atoms with Gasteiger partial charge in [-0.25, -0.2) is 0 Å². The van der Waals surface area contributed by atoms with E-state index in [9.17, 15) is 11.0 Å². The van der Waals surface area contributed by atoms with Crippen LogP contribution in [0.5, 0.6) is 0 Å². The van der Waals surface area contributed by atoms with Gasteiger partial charge in [0.15, 0.2) is 0 Å². The van der Waals surface area contributed by atoms with Crippen LogP contribution in [0.15, 0.2) is 180 Å². The van der Waals surface area contributed by atoms with Gasteiger partial charge >= 0.3 is 0 Å². The minimum Gasteiger partial charge on any atom is -0.456 e. The van der Waals surface area contributed by atoms with Gasteiger partial charge in [0, 0.05) is 36.9 Å². The molecule has 0 aliphatic heterocycles. The summed E-state index contributed by atoms with van der Waals surface area (Å²) in [5.41, 5.74) is -2.16. The molecule has 0 amide bonds. The number of anilines is 3. The molecule has 0 N–H and O–H groups in total. The zero-order valence-electron chi connectivity index (χ0n) is 42.2. The lowest BCUT2D eigenvalue weighted by Crippen LogP contribution is -2.10. The van der Waals surface area contributed by atoms with E-state index in [0.29, 0.717) is 10.3 Å². The van der Waals surface area contributed by atoms with Gasteiger partial charge in [-0.1, -0.05) is 127 Å². The number of thiophene rings is 1. The van der Waals surface area contributed by atoms with Crippen LogP contribution in [0.1, 0.15) is 23.3 Å². The van der Waals surface area contributed by atoms with Crippen LogP contribution in [0.2, 0.25) is 0 Å². The summed E-state index contributed by atoms with van der Waals surface area (Å²) in [6.07, 6.45) is 0. The highest BCUT2D eigenvalue weighted by atomic mass is 32.1. The lowest BCUT2D eigenvalue weighted by molar-refractivity contribution is 0.669. The predicted octanol–water partition coefficient (Wildman–Crippen LogP) is 13.9. The van der Waals surface area contributed by atoms with Gasteiger partial charge in [-0.3, -0.25) is 0 Å². The minimum absolute atomic E-state index is 0.0621. The Morgan fingerprint density at radius 1 is 0.469 bits per heavy atom. The van der Waals surface area contributed by atoms with Gasteiger partial charge in [0.2, 0.25) is 0 Å². The Labute approximate surface area is 311 Å². The Morgan fingerprint density at radius 2 is 1.22 bits per heavy atom. The molecule has 0 unspecified atom stereocenters. The second kappa shape index (κ2) is 11.2. The average molecular weight is 661 g/mol. The Hall–Kier alpha value is -6.16. The molecule has 0 radical (unpaired) electrons. The third kappa shape index (κ3) is 4.55. The molecule has 0 saturated heterocycles. The van der Waals surface area contributed by atoms with Crippen LogP contribution in [0, 0.1) is 0 Å². The summed E-state index contributed by atoms with van der Waals surface area (Å²) >= 11 is 1.40. The van der Waals surface area contributed by atoms with Gasteiger partial charge in [-0.05, 0) is 81.4 Å². The summed E-state index contributed by atoms with van der Waals surface area (Å²) in [4.78, 5) is 1.19. The Balaban J connectivity index is 1.42. The highest BCUT2D eigenvalue weighted by Gasteiger charge is 2.22. The lowest BCUT2D eigenvalue weighted by atomic mass is 9.95. The van der Waals surface area contributed by atoms with Crippen LogP contribution in [0.4, 0.5) is 17.1 Å². The second-order valence-corrected chi connectivity index (χ2v) is 12.3. The van der Waals surface area contributed by atoms with E-state index in [-0.39, 0.29) is 49.6 Å². The molecule has 0 atom stereocenters. The van der Waals surface area contributed by atoms with Crippen molar-refractivity contribution in [1.29, 1.82) is 0 Å². The number of hydrogen-bond acceptors (Lipinski definition) is 3. The Kier molecular flexibility index (Phi) is 3.63. The van der Waals surface area contributed by atoms with Crippen molar-refractivity contribution in [3.63, 3.8) is 0 Å². The number of fused-ring (bicyclic) bond motifs is 8. The molecule has 0 fully saturated rings. The number of benzene rings is 8. The van der Waals surface area contributed by atoms with Gasteiger partial charge in [0.05, 0.1) is 34.4 Å². The van der Waals surface area contributed by atoms with E-state index in [1.165, 1.54) is 16.2 Å². The molecule has 0 bridgehead atoms. The highest BCUT2D eigenvalue weighted by Crippen LogP contribution is 2.47. The first-order valence-corrected chi connectivity index (χ1v) is 16.0. The fourth-order valence-electron chi connectivity index (χ4n) is 6.25. The van der Waals surface area contributed by atoms with Crippen LogP contribution in [0.25, 0.3) is 75.1 Å². The standard InChI is InChI=1S/C46H29NOS/c1-3-11-30(12-4-1)31-21-23-33(24-22-31)47(34-25-26-38-37-15-7-8-20-43(37)49-44(38)29-34)40-18-10-19-41-46(40)45-39-17-9-16-35(32-13-5-2-6-14-32)36(39)27-28-42(45)48-41/h1-29H/i1D,3D,4D,9D,10D,11D,12D,16D,17D,18D,19D,21D,22D,23D,24D,27D,28D. The molecule has 8 aromatic carbocycles. The Morgan fingerprint density at radius 3 is 2.10 bits per heavy atom. The molecule has 0 aliphatic rings. The summed E-state index contributed by atoms with van der Waals surface area (Å²) in [6, 6.07) is 9.69. The monoisotopic (exact) mass is 660 g/mol. The summed E-state index contributed by atoms with van der Waals surface area (Å²) in [7, 11) is 0. The summed E-state index contributed by atoms with van der Waals surface area (Å²) in [5.74, 6) is 0. The quantitative estimate of drug-likeness (QED) is 0.183. The maximum absolute atomic E-state index is 9.66. The van der Waals surface area contributed by atoms with E-state index in [2.05, 4.69) is 0 Å². The van der Waals surface area contributed by atoms with Crippen molar-refractivity contribution in [3.05, 3.63) is 176 Å². The van der Waals surface area contributed by atoms with Gasteiger partial charge in [0.1, 0.15) is 11.2 Å². The molecule has 230 valence electrons. The van der Waals surface area contributed by atoms with Gasteiger partial charge in [0.25, 0.3) is 0 Å². The van der Waals surface area contributed by atoms with Crippen LogP contribution in [-0.2, 0) is 0 Å². The summed E-state index contributed by atoms with van der Waals surface area (Å²) in [6.45, 7) is 0. The van der Waals surface area contributed by atoms with Gasteiger partial charge in [-0.2, -0.15) is 0 Å². The van der Waals surface area contributed by atoms with Gasteiger partial charge in [-0.15, -0.1) is 11.3 Å². The molecule has 0 spiro atoms. The topological polar surface area (TPSA) is 16.4 Å². The smallest absolute Gasteiger partial charge is 0.137 e. The minimum atomic E-state index is -0.805. The molecule has 10 aromatic rings. The van der Waals surface area contributed by atoms with E-state index in [1.807, 2.05) is 24.3 Å². The summed E-state index contributed by atoms with van der Waals surface area (Å²) < 4.78 is 162. The first kappa shape index (κ1) is 15.8. The largest absolute Gasteiger partial charge is 0.456 e. The van der Waals surface area contributed by atoms with E-state index in [1.54, 1.807) is 48.5 Å². The third-order valence-electron chi connectivity index (χ3n) is 8.42. The molecule has 49 heavy (non-hydrogen) atoms. The van der Waals surface area contributed by atoms with E-state index < -0.39 is 120 Å². The van der Waals surface area contributed by atoms with Crippen LogP contribution < -0.4 is 4.90 Å². The molecule has 0 saturated carbocycles. The van der Waals surface area contributed by atoms with Crippen molar-refractivity contribution in [3.8, 4) is 22.3 Å². The second-order valence-electron chi connectivity index (χ2n) is 11.2. The molecule has 10 rings (SSSR count). The average Bonchev–Trinajstić information content (AvgIpc) is 3.89. The fraction of sp³-hybridized carbons (Fsp3) is 0. The van der Waals surface area contributed by atoms with Crippen molar-refractivity contribution in [2.45, 2.75) is 0 Å². The number of furan rings is 1. The van der Waals surface area contributed by atoms with Crippen molar-refractivity contribution in [1.82, 2.24) is 0 Å². The Bertz CT molecular complexity index is 3750. The molecule has 2 nitrogen and oxygen atoms in total. The van der Waals surface area contributed by atoms with Crippen LogP contribution >= 0.6 is 11.3 Å². The van der Waals surface area contributed by atoms with Crippen LogP contribution in [-0.4, -0.2) is 0 Å². The lowest BCUT2D eigenvalue weighted by Gasteiger charge is -2.26. The molecule has 0 aliphatic carbocycles.